The second-order valence-corrected chi connectivity index (χ2v) is 7.50. The molecule has 0 aliphatic carbocycles. The highest BCUT2D eigenvalue weighted by Crippen LogP contribution is 2.37. The summed E-state index contributed by atoms with van der Waals surface area (Å²) in [7, 11) is 0. The Labute approximate surface area is 165 Å². The van der Waals surface area contributed by atoms with Crippen molar-refractivity contribution in [3.63, 3.8) is 0 Å². The fourth-order valence-electron chi connectivity index (χ4n) is 3.09. The summed E-state index contributed by atoms with van der Waals surface area (Å²) in [6.07, 6.45) is 0.161. The Morgan fingerprint density at radius 3 is 2.57 bits per heavy atom. The molecule has 6 heteroatoms. The van der Waals surface area contributed by atoms with Crippen molar-refractivity contribution in [1.82, 2.24) is 0 Å². The summed E-state index contributed by atoms with van der Waals surface area (Å²) >= 11 is 0. The Balaban J connectivity index is 1.70. The molecule has 1 N–H and O–H groups in total. The van der Waals surface area contributed by atoms with Gasteiger partial charge in [0.1, 0.15) is 11.5 Å². The standard InChI is InChI=1S/C22H26N2O4/c1-15(2)27-18-11-7-5-9-16(18)23-20(25)13-14-24-17-10-6-8-12-19(17)28-22(3,4)21(24)26/h5-12,15H,13-14H2,1-4H3,(H,23,25). The van der Waals surface area contributed by atoms with Crippen molar-refractivity contribution in [1.29, 1.82) is 0 Å². The van der Waals surface area contributed by atoms with Gasteiger partial charge in [0.05, 0.1) is 17.5 Å². The van der Waals surface area contributed by atoms with Crippen molar-refractivity contribution in [3.8, 4) is 11.5 Å². The highest BCUT2D eigenvalue weighted by atomic mass is 16.5. The average molecular weight is 382 g/mol. The van der Waals surface area contributed by atoms with Crippen LogP contribution in [0, 0.1) is 0 Å². The number of amides is 2. The van der Waals surface area contributed by atoms with E-state index < -0.39 is 5.60 Å². The zero-order chi connectivity index (χ0) is 20.3. The molecule has 0 fully saturated rings. The number of ether oxygens (including phenoxy) is 2. The van der Waals surface area contributed by atoms with Crippen LogP contribution in [-0.2, 0) is 9.59 Å². The fraction of sp³-hybridized carbons (Fsp3) is 0.364. The van der Waals surface area contributed by atoms with Crippen LogP contribution < -0.4 is 19.7 Å². The predicted molar refractivity (Wildman–Crippen MR) is 109 cm³/mol. The van der Waals surface area contributed by atoms with E-state index >= 15 is 0 Å². The SMILES string of the molecule is CC(C)Oc1ccccc1NC(=O)CCN1C(=O)C(C)(C)Oc2ccccc21. The third-order valence-electron chi connectivity index (χ3n) is 4.37. The number of para-hydroxylation sites is 4. The minimum Gasteiger partial charge on any atom is -0.489 e. The van der Waals surface area contributed by atoms with Crippen LogP contribution in [0.4, 0.5) is 11.4 Å². The van der Waals surface area contributed by atoms with Crippen molar-refractivity contribution < 1.29 is 19.1 Å². The van der Waals surface area contributed by atoms with Crippen LogP contribution in [0.3, 0.4) is 0 Å². The summed E-state index contributed by atoms with van der Waals surface area (Å²) in [5, 5.41) is 2.88. The number of carbonyl (C=O) groups excluding carboxylic acids is 2. The van der Waals surface area contributed by atoms with Crippen LogP contribution in [0.15, 0.2) is 48.5 Å². The van der Waals surface area contributed by atoms with E-state index in [0.29, 0.717) is 22.9 Å². The molecule has 0 saturated heterocycles. The minimum absolute atomic E-state index is 0.00255. The number of hydrogen-bond acceptors (Lipinski definition) is 4. The van der Waals surface area contributed by atoms with E-state index in [9.17, 15) is 9.59 Å². The Morgan fingerprint density at radius 2 is 1.82 bits per heavy atom. The number of rotatable bonds is 6. The molecule has 148 valence electrons. The lowest BCUT2D eigenvalue weighted by atomic mass is 10.0. The molecule has 1 aliphatic heterocycles. The molecule has 1 heterocycles. The smallest absolute Gasteiger partial charge is 0.270 e. The van der Waals surface area contributed by atoms with Crippen LogP contribution in [0.25, 0.3) is 0 Å². The van der Waals surface area contributed by atoms with E-state index in [4.69, 9.17) is 9.47 Å². The summed E-state index contributed by atoms with van der Waals surface area (Å²) in [5.74, 6) is 0.917. The van der Waals surface area contributed by atoms with Crippen molar-refractivity contribution in [2.45, 2.75) is 45.8 Å². The molecule has 3 rings (SSSR count). The maximum absolute atomic E-state index is 12.8. The lowest BCUT2D eigenvalue weighted by Gasteiger charge is -2.38. The zero-order valence-electron chi connectivity index (χ0n) is 16.7. The van der Waals surface area contributed by atoms with Gasteiger partial charge in [0, 0.05) is 13.0 Å². The molecule has 0 saturated carbocycles. The number of anilines is 2. The van der Waals surface area contributed by atoms with Crippen molar-refractivity contribution >= 4 is 23.2 Å². The number of nitrogens with zero attached hydrogens (tertiary/aromatic N) is 1. The van der Waals surface area contributed by atoms with Gasteiger partial charge in [-0.2, -0.15) is 0 Å². The maximum atomic E-state index is 12.8. The van der Waals surface area contributed by atoms with Gasteiger partial charge in [0.2, 0.25) is 5.91 Å². The van der Waals surface area contributed by atoms with E-state index in [1.54, 1.807) is 24.8 Å². The molecule has 0 spiro atoms. The molecule has 2 aromatic rings. The molecule has 0 radical (unpaired) electrons. The molecule has 2 amide bonds. The van der Waals surface area contributed by atoms with Gasteiger partial charge in [0.25, 0.3) is 5.91 Å². The monoisotopic (exact) mass is 382 g/mol. The summed E-state index contributed by atoms with van der Waals surface area (Å²) in [6.45, 7) is 7.60. The second-order valence-electron chi connectivity index (χ2n) is 7.50. The Kier molecular flexibility index (Phi) is 5.58. The first-order chi connectivity index (χ1) is 13.3. The number of carbonyl (C=O) groups is 2. The first kappa shape index (κ1) is 19.7. The lowest BCUT2D eigenvalue weighted by Crippen LogP contribution is -2.53. The van der Waals surface area contributed by atoms with Crippen LogP contribution in [0.1, 0.15) is 34.1 Å². The predicted octanol–water partition coefficient (Wildman–Crippen LogP) is 4.01. The van der Waals surface area contributed by atoms with Gasteiger partial charge in [-0.05, 0) is 52.0 Å². The van der Waals surface area contributed by atoms with E-state index in [2.05, 4.69) is 5.32 Å². The number of hydrogen-bond donors (Lipinski definition) is 1. The molecule has 0 aromatic heterocycles. The lowest BCUT2D eigenvalue weighted by molar-refractivity contribution is -0.132. The van der Waals surface area contributed by atoms with E-state index in [1.807, 2.05) is 56.3 Å². The Bertz CT molecular complexity index is 876. The van der Waals surface area contributed by atoms with E-state index in [-0.39, 0.29) is 30.9 Å². The van der Waals surface area contributed by atoms with Crippen LogP contribution in [-0.4, -0.2) is 30.1 Å². The van der Waals surface area contributed by atoms with Gasteiger partial charge in [0.15, 0.2) is 5.60 Å². The third-order valence-corrected chi connectivity index (χ3v) is 4.37. The summed E-state index contributed by atoms with van der Waals surface area (Å²) in [6, 6.07) is 14.7. The number of benzene rings is 2. The van der Waals surface area contributed by atoms with E-state index in [1.165, 1.54) is 0 Å². The molecule has 1 aliphatic rings. The van der Waals surface area contributed by atoms with E-state index in [0.717, 1.165) is 0 Å². The fourth-order valence-corrected chi connectivity index (χ4v) is 3.09. The highest BCUT2D eigenvalue weighted by molar-refractivity contribution is 6.03. The Morgan fingerprint density at radius 1 is 1.14 bits per heavy atom. The summed E-state index contributed by atoms with van der Waals surface area (Å²) in [4.78, 5) is 27.0. The molecule has 28 heavy (non-hydrogen) atoms. The van der Waals surface area contributed by atoms with Crippen LogP contribution in [0.5, 0.6) is 11.5 Å². The van der Waals surface area contributed by atoms with Crippen molar-refractivity contribution in [3.05, 3.63) is 48.5 Å². The summed E-state index contributed by atoms with van der Waals surface area (Å²) in [5.41, 5.74) is 0.334. The molecule has 2 aromatic carbocycles. The number of fused-ring (bicyclic) bond motifs is 1. The highest BCUT2D eigenvalue weighted by Gasteiger charge is 2.40. The zero-order valence-corrected chi connectivity index (χ0v) is 16.7. The molecule has 0 atom stereocenters. The normalized spacial score (nSPS) is 15.0. The topological polar surface area (TPSA) is 67.9 Å². The Hall–Kier alpha value is -3.02. The third kappa shape index (κ3) is 4.27. The van der Waals surface area contributed by atoms with Crippen LogP contribution in [0.2, 0.25) is 0 Å². The van der Waals surface area contributed by atoms with Gasteiger partial charge in [-0.25, -0.2) is 0 Å². The minimum atomic E-state index is -0.970. The van der Waals surface area contributed by atoms with Gasteiger partial charge >= 0.3 is 0 Å². The molecule has 6 nitrogen and oxygen atoms in total. The largest absolute Gasteiger partial charge is 0.489 e. The van der Waals surface area contributed by atoms with Gasteiger partial charge < -0.3 is 19.7 Å². The molecular formula is C22H26N2O4. The first-order valence-corrected chi connectivity index (χ1v) is 9.43. The molecule has 0 bridgehead atoms. The van der Waals surface area contributed by atoms with Gasteiger partial charge in [-0.3, -0.25) is 9.59 Å². The quantitative estimate of drug-likeness (QED) is 0.820. The van der Waals surface area contributed by atoms with Gasteiger partial charge in [-0.15, -0.1) is 0 Å². The molecular weight excluding hydrogens is 356 g/mol. The summed E-state index contributed by atoms with van der Waals surface area (Å²) < 4.78 is 11.5. The molecule has 0 unspecified atom stereocenters. The second kappa shape index (κ2) is 7.92. The average Bonchev–Trinajstić information content (AvgIpc) is 2.63. The maximum Gasteiger partial charge on any atom is 0.270 e. The first-order valence-electron chi connectivity index (χ1n) is 9.43. The van der Waals surface area contributed by atoms with Crippen molar-refractivity contribution in [2.75, 3.05) is 16.8 Å². The number of nitrogens with one attached hydrogen (secondary N) is 1. The van der Waals surface area contributed by atoms with Crippen molar-refractivity contribution in [2.24, 2.45) is 0 Å². The van der Waals surface area contributed by atoms with Gasteiger partial charge in [-0.1, -0.05) is 24.3 Å². The van der Waals surface area contributed by atoms with Crippen LogP contribution >= 0.6 is 0 Å².